The molecule has 1 atom stereocenters. The molecule has 0 spiro atoms. The van der Waals surface area contributed by atoms with Gasteiger partial charge in [-0.05, 0) is 48.9 Å². The highest BCUT2D eigenvalue weighted by molar-refractivity contribution is 6.31. The van der Waals surface area contributed by atoms with E-state index in [-0.39, 0.29) is 18.4 Å². The average molecular weight is 431 g/mol. The number of hydrogen-bond acceptors (Lipinski definition) is 4. The van der Waals surface area contributed by atoms with Crippen LogP contribution in [-0.2, 0) is 11.3 Å². The van der Waals surface area contributed by atoms with Crippen molar-refractivity contribution in [2.45, 2.75) is 19.4 Å². The lowest BCUT2D eigenvalue weighted by molar-refractivity contribution is -0.122. The van der Waals surface area contributed by atoms with Gasteiger partial charge in [0.2, 0.25) is 5.91 Å². The van der Waals surface area contributed by atoms with Crippen LogP contribution in [0.5, 0.6) is 0 Å². The predicted molar refractivity (Wildman–Crippen MR) is 121 cm³/mol. The first-order valence-corrected chi connectivity index (χ1v) is 10.3. The van der Waals surface area contributed by atoms with Gasteiger partial charge in [-0.15, -0.1) is 0 Å². The van der Waals surface area contributed by atoms with Crippen molar-refractivity contribution in [2.75, 3.05) is 0 Å². The molecule has 2 N–H and O–H groups in total. The van der Waals surface area contributed by atoms with Crippen LogP contribution in [0.2, 0.25) is 5.02 Å². The second-order valence-electron chi connectivity index (χ2n) is 7.44. The Balaban J connectivity index is 1.30. The number of aromatic amines is 1. The standard InChI is InChI=1S/C24H19ClN4O2/c1-14(16-7-9-18-19-12-17(25)8-10-20(19)27-21(18)11-16)23(30)26-13-22-28-24(31-29-22)15-5-3-2-4-6-15/h2-12,14,27H,13H2,1H3,(H,26,30)/t14-/m1/s1. The van der Waals surface area contributed by atoms with Crippen LogP contribution in [0.3, 0.4) is 0 Å². The van der Waals surface area contributed by atoms with Gasteiger partial charge in [0.05, 0.1) is 12.5 Å². The Hall–Kier alpha value is -3.64. The van der Waals surface area contributed by atoms with Crippen LogP contribution in [0, 0.1) is 0 Å². The Bertz CT molecular complexity index is 1390. The molecule has 0 aliphatic heterocycles. The van der Waals surface area contributed by atoms with Gasteiger partial charge in [-0.3, -0.25) is 4.79 Å². The fourth-order valence-electron chi connectivity index (χ4n) is 3.66. The fourth-order valence-corrected chi connectivity index (χ4v) is 3.83. The number of rotatable bonds is 5. The summed E-state index contributed by atoms with van der Waals surface area (Å²) in [6, 6.07) is 21.3. The lowest BCUT2D eigenvalue weighted by Gasteiger charge is -2.11. The SMILES string of the molecule is C[C@@H](C(=O)NCc1noc(-c2ccccc2)n1)c1ccc2c(c1)[nH]c1ccc(Cl)cc12. The van der Waals surface area contributed by atoms with Gasteiger partial charge in [-0.25, -0.2) is 0 Å². The second-order valence-corrected chi connectivity index (χ2v) is 7.88. The number of halogens is 1. The van der Waals surface area contributed by atoms with Gasteiger partial charge in [-0.2, -0.15) is 4.98 Å². The van der Waals surface area contributed by atoms with Crippen LogP contribution in [0.15, 0.2) is 71.3 Å². The van der Waals surface area contributed by atoms with Crippen molar-refractivity contribution >= 4 is 39.3 Å². The predicted octanol–water partition coefficient (Wildman–Crippen LogP) is 5.44. The van der Waals surface area contributed by atoms with Crippen molar-refractivity contribution in [1.29, 1.82) is 0 Å². The molecule has 5 aromatic rings. The Kier molecular flexibility index (Phi) is 4.92. The number of benzene rings is 3. The lowest BCUT2D eigenvalue weighted by atomic mass is 9.98. The Morgan fingerprint density at radius 3 is 2.74 bits per heavy atom. The van der Waals surface area contributed by atoms with E-state index < -0.39 is 0 Å². The quantitative estimate of drug-likeness (QED) is 0.388. The van der Waals surface area contributed by atoms with E-state index in [1.807, 2.05) is 73.7 Å². The third-order valence-electron chi connectivity index (χ3n) is 5.39. The van der Waals surface area contributed by atoms with Crippen molar-refractivity contribution in [1.82, 2.24) is 20.4 Å². The van der Waals surface area contributed by atoms with E-state index in [9.17, 15) is 4.79 Å². The summed E-state index contributed by atoms with van der Waals surface area (Å²) in [5, 5.41) is 9.69. The summed E-state index contributed by atoms with van der Waals surface area (Å²) in [5.41, 5.74) is 3.75. The third kappa shape index (κ3) is 3.78. The molecule has 0 bridgehead atoms. The number of fused-ring (bicyclic) bond motifs is 3. The summed E-state index contributed by atoms with van der Waals surface area (Å²) in [6.07, 6.45) is 0. The normalized spacial score (nSPS) is 12.3. The summed E-state index contributed by atoms with van der Waals surface area (Å²) in [6.45, 7) is 2.08. The molecule has 0 radical (unpaired) electrons. The molecule has 0 saturated heterocycles. The van der Waals surface area contributed by atoms with Crippen LogP contribution in [0.1, 0.15) is 24.2 Å². The third-order valence-corrected chi connectivity index (χ3v) is 5.62. The molecular formula is C24H19ClN4O2. The molecular weight excluding hydrogens is 412 g/mol. The zero-order chi connectivity index (χ0) is 21.4. The number of nitrogens with zero attached hydrogens (tertiary/aromatic N) is 2. The van der Waals surface area contributed by atoms with Crippen LogP contribution in [0.4, 0.5) is 0 Å². The zero-order valence-electron chi connectivity index (χ0n) is 16.7. The minimum atomic E-state index is -0.333. The number of H-pyrrole nitrogens is 1. The first-order valence-electron chi connectivity index (χ1n) is 9.95. The average Bonchev–Trinajstić information content (AvgIpc) is 3.41. The van der Waals surface area contributed by atoms with E-state index in [4.69, 9.17) is 16.1 Å². The summed E-state index contributed by atoms with van der Waals surface area (Å²) < 4.78 is 5.29. The van der Waals surface area contributed by atoms with E-state index in [0.29, 0.717) is 16.7 Å². The maximum atomic E-state index is 12.7. The largest absolute Gasteiger partial charge is 0.355 e. The number of carbonyl (C=O) groups excluding carboxylic acids is 1. The van der Waals surface area contributed by atoms with Crippen LogP contribution in [-0.4, -0.2) is 21.0 Å². The lowest BCUT2D eigenvalue weighted by Crippen LogP contribution is -2.28. The molecule has 2 heterocycles. The van der Waals surface area contributed by atoms with Crippen LogP contribution < -0.4 is 5.32 Å². The van der Waals surface area contributed by atoms with Gasteiger partial charge >= 0.3 is 0 Å². The Labute approximate surface area is 183 Å². The summed E-state index contributed by atoms with van der Waals surface area (Å²) in [7, 11) is 0. The highest BCUT2D eigenvalue weighted by Crippen LogP contribution is 2.30. The van der Waals surface area contributed by atoms with Crippen LogP contribution in [0.25, 0.3) is 33.3 Å². The van der Waals surface area contributed by atoms with Gasteiger partial charge < -0.3 is 14.8 Å². The summed E-state index contributed by atoms with van der Waals surface area (Å²) >= 11 is 6.14. The van der Waals surface area contributed by atoms with Crippen LogP contribution >= 0.6 is 11.6 Å². The highest BCUT2D eigenvalue weighted by Gasteiger charge is 2.18. The second kappa shape index (κ2) is 7.89. The Morgan fingerprint density at radius 1 is 1.06 bits per heavy atom. The summed E-state index contributed by atoms with van der Waals surface area (Å²) in [4.78, 5) is 20.5. The molecule has 0 fully saturated rings. The van der Waals surface area contributed by atoms with Crippen molar-refractivity contribution in [2.24, 2.45) is 0 Å². The maximum Gasteiger partial charge on any atom is 0.257 e. The van der Waals surface area contributed by atoms with Gasteiger partial charge in [0.15, 0.2) is 5.82 Å². The minimum absolute atomic E-state index is 0.107. The van der Waals surface area contributed by atoms with Crippen molar-refractivity contribution in [3.05, 3.63) is 83.1 Å². The maximum absolute atomic E-state index is 12.7. The van der Waals surface area contributed by atoms with E-state index in [1.54, 1.807) is 0 Å². The molecule has 1 amide bonds. The number of hydrogen-bond donors (Lipinski definition) is 2. The number of carbonyl (C=O) groups is 1. The van der Waals surface area contributed by atoms with Gasteiger partial charge in [-0.1, -0.05) is 47.1 Å². The van der Waals surface area contributed by atoms with Gasteiger partial charge in [0, 0.05) is 32.4 Å². The highest BCUT2D eigenvalue weighted by atomic mass is 35.5. The molecule has 6 nitrogen and oxygen atoms in total. The molecule has 7 heteroatoms. The van der Waals surface area contributed by atoms with E-state index in [2.05, 4.69) is 20.4 Å². The van der Waals surface area contributed by atoms with E-state index in [0.717, 1.165) is 32.9 Å². The van der Waals surface area contributed by atoms with E-state index >= 15 is 0 Å². The molecule has 0 unspecified atom stereocenters. The molecule has 5 rings (SSSR count). The summed E-state index contributed by atoms with van der Waals surface area (Å²) in [5.74, 6) is 0.425. The first-order chi connectivity index (χ1) is 15.1. The van der Waals surface area contributed by atoms with Crippen molar-refractivity contribution in [3.8, 4) is 11.5 Å². The Morgan fingerprint density at radius 2 is 1.90 bits per heavy atom. The molecule has 0 saturated carbocycles. The van der Waals surface area contributed by atoms with Crippen molar-refractivity contribution in [3.63, 3.8) is 0 Å². The smallest absolute Gasteiger partial charge is 0.257 e. The van der Waals surface area contributed by atoms with Gasteiger partial charge in [0.1, 0.15) is 0 Å². The monoisotopic (exact) mass is 430 g/mol. The zero-order valence-corrected chi connectivity index (χ0v) is 17.5. The number of amides is 1. The topological polar surface area (TPSA) is 83.8 Å². The minimum Gasteiger partial charge on any atom is -0.355 e. The molecule has 31 heavy (non-hydrogen) atoms. The number of aromatic nitrogens is 3. The molecule has 2 aromatic heterocycles. The molecule has 0 aliphatic rings. The molecule has 0 aliphatic carbocycles. The van der Waals surface area contributed by atoms with Crippen molar-refractivity contribution < 1.29 is 9.32 Å². The molecule has 3 aromatic carbocycles. The van der Waals surface area contributed by atoms with Gasteiger partial charge in [0.25, 0.3) is 5.89 Å². The molecule has 154 valence electrons. The fraction of sp³-hybridized carbons (Fsp3) is 0.125. The van der Waals surface area contributed by atoms with E-state index in [1.165, 1.54) is 0 Å². The first kappa shape index (κ1) is 19.3. The number of nitrogens with one attached hydrogen (secondary N) is 2.